The van der Waals surface area contributed by atoms with Crippen LogP contribution in [0.5, 0.6) is 0 Å². The highest BCUT2D eigenvalue weighted by atomic mass is 32.1. The molecule has 1 saturated heterocycles. The Kier molecular flexibility index (Phi) is 3.85. The molecule has 17 heavy (non-hydrogen) atoms. The van der Waals surface area contributed by atoms with E-state index < -0.39 is 0 Å². The first-order chi connectivity index (χ1) is 8.07. The van der Waals surface area contributed by atoms with Crippen molar-refractivity contribution in [3.05, 3.63) is 15.6 Å². The van der Waals surface area contributed by atoms with Crippen molar-refractivity contribution in [2.24, 2.45) is 0 Å². The normalized spacial score (nSPS) is 27.1. The molecule has 0 bridgehead atoms. The highest BCUT2D eigenvalue weighted by Gasteiger charge is 2.34. The van der Waals surface area contributed by atoms with Crippen molar-refractivity contribution in [1.82, 2.24) is 10.3 Å². The third-order valence-electron chi connectivity index (χ3n) is 3.58. The van der Waals surface area contributed by atoms with Gasteiger partial charge >= 0.3 is 0 Å². The van der Waals surface area contributed by atoms with Crippen molar-refractivity contribution in [3.63, 3.8) is 0 Å². The van der Waals surface area contributed by atoms with Gasteiger partial charge in [0, 0.05) is 17.5 Å². The van der Waals surface area contributed by atoms with Gasteiger partial charge in [0.15, 0.2) is 0 Å². The van der Waals surface area contributed by atoms with Crippen LogP contribution in [-0.4, -0.2) is 18.6 Å². The van der Waals surface area contributed by atoms with E-state index in [9.17, 15) is 0 Å². The van der Waals surface area contributed by atoms with Crippen molar-refractivity contribution < 1.29 is 4.74 Å². The van der Waals surface area contributed by atoms with Crippen molar-refractivity contribution in [2.45, 2.75) is 51.7 Å². The molecule has 0 saturated carbocycles. The van der Waals surface area contributed by atoms with Crippen LogP contribution in [0.2, 0.25) is 0 Å². The van der Waals surface area contributed by atoms with Crippen LogP contribution < -0.4 is 5.32 Å². The van der Waals surface area contributed by atoms with E-state index in [1.807, 2.05) is 7.05 Å². The van der Waals surface area contributed by atoms with Crippen LogP contribution in [0, 0.1) is 6.92 Å². The molecule has 0 radical (unpaired) electrons. The van der Waals surface area contributed by atoms with E-state index in [0.717, 1.165) is 23.7 Å². The average Bonchev–Trinajstić information content (AvgIpc) is 2.72. The predicted octanol–water partition coefficient (Wildman–Crippen LogP) is 3.15. The van der Waals surface area contributed by atoms with Crippen LogP contribution in [0.1, 0.15) is 54.7 Å². The van der Waals surface area contributed by atoms with Gasteiger partial charge in [-0.25, -0.2) is 4.98 Å². The average molecular weight is 254 g/mol. The second-order valence-corrected chi connectivity index (χ2v) is 6.05. The number of hydrogen-bond donors (Lipinski definition) is 1. The molecule has 4 heteroatoms. The zero-order valence-corrected chi connectivity index (χ0v) is 12.0. The Bertz CT molecular complexity index is 383. The standard InChI is InChI=1S/C13H22N2OS/c1-9(14-4)11-10(2)15-12(17-11)13(3)7-5-6-8-16-13/h9,14H,5-8H2,1-4H3. The Hall–Kier alpha value is -0.450. The second kappa shape index (κ2) is 5.04. The quantitative estimate of drug-likeness (QED) is 0.899. The number of nitrogens with one attached hydrogen (secondary N) is 1. The number of hydrogen-bond acceptors (Lipinski definition) is 4. The largest absolute Gasteiger partial charge is 0.368 e. The van der Waals surface area contributed by atoms with Gasteiger partial charge < -0.3 is 10.1 Å². The van der Waals surface area contributed by atoms with E-state index in [4.69, 9.17) is 9.72 Å². The summed E-state index contributed by atoms with van der Waals surface area (Å²) in [6, 6.07) is 0.369. The molecule has 0 aromatic carbocycles. The highest BCUT2D eigenvalue weighted by molar-refractivity contribution is 7.12. The highest BCUT2D eigenvalue weighted by Crippen LogP contribution is 2.39. The lowest BCUT2D eigenvalue weighted by Gasteiger charge is -2.31. The Morgan fingerprint density at radius 1 is 1.47 bits per heavy atom. The van der Waals surface area contributed by atoms with Crippen molar-refractivity contribution >= 4 is 11.3 Å². The molecular formula is C13H22N2OS. The molecule has 1 N–H and O–H groups in total. The first kappa shape index (κ1) is 13.0. The van der Waals surface area contributed by atoms with E-state index in [2.05, 4.69) is 26.1 Å². The maximum absolute atomic E-state index is 5.96. The molecule has 0 amide bonds. The SMILES string of the molecule is CNC(C)c1sc(C2(C)CCCCO2)nc1C. The maximum Gasteiger partial charge on any atom is 0.125 e. The predicted molar refractivity (Wildman–Crippen MR) is 71.5 cm³/mol. The number of nitrogens with zero attached hydrogens (tertiary/aromatic N) is 1. The molecule has 1 aliphatic heterocycles. The van der Waals surface area contributed by atoms with Gasteiger partial charge in [-0.1, -0.05) is 0 Å². The number of aryl methyl sites for hydroxylation is 1. The number of aromatic nitrogens is 1. The molecular weight excluding hydrogens is 232 g/mol. The fourth-order valence-corrected chi connectivity index (χ4v) is 3.53. The number of ether oxygens (including phenoxy) is 1. The van der Waals surface area contributed by atoms with Crippen LogP contribution in [-0.2, 0) is 10.3 Å². The van der Waals surface area contributed by atoms with Gasteiger partial charge in [0.1, 0.15) is 10.6 Å². The smallest absolute Gasteiger partial charge is 0.125 e. The first-order valence-electron chi connectivity index (χ1n) is 6.36. The molecule has 2 atom stereocenters. The van der Waals surface area contributed by atoms with Gasteiger partial charge in [-0.2, -0.15) is 0 Å². The van der Waals surface area contributed by atoms with E-state index in [1.54, 1.807) is 11.3 Å². The Morgan fingerprint density at radius 3 is 2.82 bits per heavy atom. The lowest BCUT2D eigenvalue weighted by molar-refractivity contribution is -0.0702. The molecule has 1 aromatic rings. The van der Waals surface area contributed by atoms with Crippen LogP contribution in [0.15, 0.2) is 0 Å². The van der Waals surface area contributed by atoms with E-state index >= 15 is 0 Å². The van der Waals surface area contributed by atoms with Gasteiger partial charge in [-0.15, -0.1) is 11.3 Å². The molecule has 1 aliphatic rings. The summed E-state index contributed by atoms with van der Waals surface area (Å²) >= 11 is 1.80. The first-order valence-corrected chi connectivity index (χ1v) is 7.17. The third kappa shape index (κ3) is 2.54. The number of thiazole rings is 1. The summed E-state index contributed by atoms with van der Waals surface area (Å²) in [4.78, 5) is 6.06. The summed E-state index contributed by atoms with van der Waals surface area (Å²) in [5, 5.41) is 4.43. The summed E-state index contributed by atoms with van der Waals surface area (Å²) in [7, 11) is 1.99. The minimum Gasteiger partial charge on any atom is -0.368 e. The molecule has 0 aliphatic carbocycles. The summed E-state index contributed by atoms with van der Waals surface area (Å²) in [5.74, 6) is 0. The number of rotatable bonds is 3. The Morgan fingerprint density at radius 2 is 2.24 bits per heavy atom. The molecule has 2 unspecified atom stereocenters. The molecule has 0 spiro atoms. The molecule has 1 fully saturated rings. The van der Waals surface area contributed by atoms with Crippen molar-refractivity contribution in [2.75, 3.05) is 13.7 Å². The van der Waals surface area contributed by atoms with Crippen LogP contribution in [0.4, 0.5) is 0 Å². The van der Waals surface area contributed by atoms with Crippen molar-refractivity contribution in [1.29, 1.82) is 0 Å². The van der Waals surface area contributed by atoms with Gasteiger partial charge in [0.2, 0.25) is 0 Å². The summed E-state index contributed by atoms with van der Waals surface area (Å²) in [5.41, 5.74) is 0.988. The van der Waals surface area contributed by atoms with Gasteiger partial charge in [-0.05, 0) is 47.1 Å². The zero-order chi connectivity index (χ0) is 12.5. The third-order valence-corrected chi connectivity index (χ3v) is 5.17. The van der Waals surface area contributed by atoms with E-state index in [-0.39, 0.29) is 5.60 Å². The lowest BCUT2D eigenvalue weighted by atomic mass is 9.97. The Labute approximate surface area is 108 Å². The van der Waals surface area contributed by atoms with Crippen LogP contribution >= 0.6 is 11.3 Å². The topological polar surface area (TPSA) is 34.1 Å². The van der Waals surface area contributed by atoms with Crippen LogP contribution in [0.25, 0.3) is 0 Å². The second-order valence-electron chi connectivity index (χ2n) is 5.02. The van der Waals surface area contributed by atoms with E-state index in [0.29, 0.717) is 6.04 Å². The van der Waals surface area contributed by atoms with Crippen molar-refractivity contribution in [3.8, 4) is 0 Å². The fourth-order valence-electron chi connectivity index (χ4n) is 2.27. The van der Waals surface area contributed by atoms with E-state index in [1.165, 1.54) is 17.7 Å². The summed E-state index contributed by atoms with van der Waals surface area (Å²) in [6.07, 6.45) is 3.51. The van der Waals surface area contributed by atoms with Gasteiger partial charge in [0.25, 0.3) is 0 Å². The van der Waals surface area contributed by atoms with Crippen LogP contribution in [0.3, 0.4) is 0 Å². The monoisotopic (exact) mass is 254 g/mol. The molecule has 2 rings (SSSR count). The molecule has 2 heterocycles. The summed E-state index contributed by atoms with van der Waals surface area (Å²) < 4.78 is 5.96. The lowest BCUT2D eigenvalue weighted by Crippen LogP contribution is -2.29. The van der Waals surface area contributed by atoms with Gasteiger partial charge in [-0.3, -0.25) is 0 Å². The molecule has 1 aromatic heterocycles. The minimum atomic E-state index is -0.153. The molecule has 96 valence electrons. The fraction of sp³-hybridized carbons (Fsp3) is 0.769. The maximum atomic E-state index is 5.96. The molecule has 3 nitrogen and oxygen atoms in total. The zero-order valence-electron chi connectivity index (χ0n) is 11.2. The minimum absolute atomic E-state index is 0.153. The van der Waals surface area contributed by atoms with Gasteiger partial charge in [0.05, 0.1) is 5.69 Å². The summed E-state index contributed by atoms with van der Waals surface area (Å²) in [6.45, 7) is 7.31. The Balaban J connectivity index is 2.27.